The summed E-state index contributed by atoms with van der Waals surface area (Å²) in [5.74, 6) is 0. The maximum Gasteiger partial charge on any atom is 0.0780 e. The van der Waals surface area contributed by atoms with E-state index < -0.39 is 0 Å². The van der Waals surface area contributed by atoms with Crippen molar-refractivity contribution in [1.29, 1.82) is 0 Å². The predicted octanol–water partition coefficient (Wildman–Crippen LogP) is 1.83. The minimum absolute atomic E-state index is 0.170. The van der Waals surface area contributed by atoms with E-state index in [2.05, 4.69) is 17.4 Å². The number of nitrogens with one attached hydrogen (secondary N) is 1. The molecule has 1 aromatic rings. The average Bonchev–Trinajstić information content (AvgIpc) is 2.30. The molecule has 0 aliphatic rings. The lowest BCUT2D eigenvalue weighted by molar-refractivity contribution is 0.0107. The summed E-state index contributed by atoms with van der Waals surface area (Å²) in [6.45, 7) is 5.14. The van der Waals surface area contributed by atoms with Crippen LogP contribution in [0.1, 0.15) is 12.5 Å². The van der Waals surface area contributed by atoms with Gasteiger partial charge in [-0.2, -0.15) is 0 Å². The van der Waals surface area contributed by atoms with E-state index >= 15 is 0 Å². The van der Waals surface area contributed by atoms with Crippen molar-refractivity contribution in [2.24, 2.45) is 0 Å². The third-order valence-electron chi connectivity index (χ3n) is 2.25. The number of benzene rings is 1. The highest BCUT2D eigenvalue weighted by atomic mass is 16.5. The van der Waals surface area contributed by atoms with Crippen LogP contribution in [0.2, 0.25) is 0 Å². The van der Waals surface area contributed by atoms with Gasteiger partial charge in [-0.1, -0.05) is 30.3 Å². The van der Waals surface area contributed by atoms with Gasteiger partial charge >= 0.3 is 0 Å². The molecule has 0 saturated heterocycles. The van der Waals surface area contributed by atoms with Gasteiger partial charge in [0.2, 0.25) is 0 Å². The first-order chi connectivity index (χ1) is 7.83. The largest absolute Gasteiger partial charge is 0.382 e. The molecule has 1 aromatic carbocycles. The van der Waals surface area contributed by atoms with Gasteiger partial charge < -0.3 is 14.8 Å². The zero-order chi connectivity index (χ0) is 11.6. The van der Waals surface area contributed by atoms with Crippen LogP contribution in [-0.2, 0) is 16.0 Å². The maximum atomic E-state index is 5.53. The number of ether oxygens (including phenoxy) is 2. The highest BCUT2D eigenvalue weighted by Gasteiger charge is 1.99. The molecule has 0 saturated carbocycles. The molecule has 0 aliphatic carbocycles. The first kappa shape index (κ1) is 13.2. The monoisotopic (exact) mass is 223 g/mol. The van der Waals surface area contributed by atoms with Crippen molar-refractivity contribution in [1.82, 2.24) is 5.32 Å². The van der Waals surface area contributed by atoms with Gasteiger partial charge in [-0.15, -0.1) is 0 Å². The molecule has 0 bridgehead atoms. The molecule has 0 radical (unpaired) electrons. The molecule has 1 unspecified atom stereocenters. The van der Waals surface area contributed by atoms with E-state index in [9.17, 15) is 0 Å². The topological polar surface area (TPSA) is 30.5 Å². The second-order valence-corrected chi connectivity index (χ2v) is 3.80. The van der Waals surface area contributed by atoms with E-state index in [4.69, 9.17) is 9.47 Å². The molecule has 0 aliphatic heterocycles. The minimum atomic E-state index is 0.170. The maximum absolute atomic E-state index is 5.53. The highest BCUT2D eigenvalue weighted by Crippen LogP contribution is 1.96. The lowest BCUT2D eigenvalue weighted by Gasteiger charge is -2.12. The SMILES string of the molecule is COCC(C)OCCNCc1ccccc1. The fourth-order valence-electron chi connectivity index (χ4n) is 1.44. The Morgan fingerprint density at radius 3 is 2.69 bits per heavy atom. The Labute approximate surface area is 97.8 Å². The van der Waals surface area contributed by atoms with E-state index in [1.807, 2.05) is 25.1 Å². The Balaban J connectivity index is 2.00. The molecule has 3 heteroatoms. The van der Waals surface area contributed by atoms with Crippen LogP contribution in [-0.4, -0.2) is 33.0 Å². The molecule has 0 amide bonds. The smallest absolute Gasteiger partial charge is 0.0780 e. The first-order valence-electron chi connectivity index (χ1n) is 5.68. The van der Waals surface area contributed by atoms with Crippen molar-refractivity contribution in [2.45, 2.75) is 19.6 Å². The van der Waals surface area contributed by atoms with Gasteiger partial charge in [-0.05, 0) is 12.5 Å². The lowest BCUT2D eigenvalue weighted by Crippen LogP contribution is -2.23. The van der Waals surface area contributed by atoms with E-state index in [1.54, 1.807) is 7.11 Å². The van der Waals surface area contributed by atoms with E-state index in [-0.39, 0.29) is 6.10 Å². The Bertz CT molecular complexity index is 264. The van der Waals surface area contributed by atoms with Gasteiger partial charge in [0.25, 0.3) is 0 Å². The van der Waals surface area contributed by atoms with Crippen LogP contribution in [0.15, 0.2) is 30.3 Å². The van der Waals surface area contributed by atoms with Crippen LogP contribution in [0.25, 0.3) is 0 Å². The fraction of sp³-hybridized carbons (Fsp3) is 0.538. The lowest BCUT2D eigenvalue weighted by atomic mass is 10.2. The van der Waals surface area contributed by atoms with Crippen LogP contribution >= 0.6 is 0 Å². The number of methoxy groups -OCH3 is 1. The Kier molecular flexibility index (Phi) is 6.81. The zero-order valence-corrected chi connectivity index (χ0v) is 10.1. The molecule has 90 valence electrons. The molecule has 0 heterocycles. The Morgan fingerprint density at radius 2 is 2.00 bits per heavy atom. The molecule has 1 N–H and O–H groups in total. The molecule has 16 heavy (non-hydrogen) atoms. The third-order valence-corrected chi connectivity index (χ3v) is 2.25. The summed E-state index contributed by atoms with van der Waals surface area (Å²) in [5, 5.41) is 3.33. The van der Waals surface area contributed by atoms with Gasteiger partial charge in [0.1, 0.15) is 0 Å². The molecule has 1 rings (SSSR count). The Morgan fingerprint density at radius 1 is 1.25 bits per heavy atom. The van der Waals surface area contributed by atoms with Crippen molar-refractivity contribution in [3.8, 4) is 0 Å². The van der Waals surface area contributed by atoms with E-state index in [0.29, 0.717) is 6.61 Å². The molecule has 1 atom stereocenters. The van der Waals surface area contributed by atoms with Crippen LogP contribution in [0.5, 0.6) is 0 Å². The summed E-state index contributed by atoms with van der Waals surface area (Å²) in [5.41, 5.74) is 1.30. The van der Waals surface area contributed by atoms with Gasteiger partial charge in [-0.3, -0.25) is 0 Å². The fourth-order valence-corrected chi connectivity index (χ4v) is 1.44. The molecule has 0 fully saturated rings. The van der Waals surface area contributed by atoms with Crippen LogP contribution in [0.4, 0.5) is 0 Å². The van der Waals surface area contributed by atoms with Crippen molar-refractivity contribution < 1.29 is 9.47 Å². The van der Waals surface area contributed by atoms with Crippen LogP contribution in [0.3, 0.4) is 0 Å². The summed E-state index contributed by atoms with van der Waals surface area (Å²) in [7, 11) is 1.69. The summed E-state index contributed by atoms with van der Waals surface area (Å²) >= 11 is 0. The predicted molar refractivity (Wildman–Crippen MR) is 65.4 cm³/mol. The summed E-state index contributed by atoms with van der Waals surface area (Å²) < 4.78 is 10.5. The molecular weight excluding hydrogens is 202 g/mol. The van der Waals surface area contributed by atoms with Crippen molar-refractivity contribution in [3.63, 3.8) is 0 Å². The quantitative estimate of drug-likeness (QED) is 0.682. The summed E-state index contributed by atoms with van der Waals surface area (Å²) in [6.07, 6.45) is 0.170. The third kappa shape index (κ3) is 5.85. The standard InChI is InChI=1S/C13H21NO2/c1-12(11-15-2)16-9-8-14-10-13-6-4-3-5-7-13/h3-7,12,14H,8-11H2,1-2H3. The molecule has 0 aromatic heterocycles. The van der Waals surface area contributed by atoms with Crippen LogP contribution < -0.4 is 5.32 Å². The minimum Gasteiger partial charge on any atom is -0.382 e. The summed E-state index contributed by atoms with van der Waals surface area (Å²) in [6, 6.07) is 10.4. The Hall–Kier alpha value is -0.900. The normalized spacial score (nSPS) is 12.6. The van der Waals surface area contributed by atoms with E-state index in [1.165, 1.54) is 5.56 Å². The summed E-state index contributed by atoms with van der Waals surface area (Å²) in [4.78, 5) is 0. The molecular formula is C13H21NO2. The highest BCUT2D eigenvalue weighted by molar-refractivity contribution is 5.14. The first-order valence-corrected chi connectivity index (χ1v) is 5.68. The van der Waals surface area contributed by atoms with E-state index in [0.717, 1.165) is 19.7 Å². The number of hydrogen-bond acceptors (Lipinski definition) is 3. The van der Waals surface area contributed by atoms with Gasteiger partial charge in [0.15, 0.2) is 0 Å². The van der Waals surface area contributed by atoms with Gasteiger partial charge in [0.05, 0.1) is 19.3 Å². The van der Waals surface area contributed by atoms with Crippen molar-refractivity contribution >= 4 is 0 Å². The number of rotatable bonds is 8. The van der Waals surface area contributed by atoms with Gasteiger partial charge in [-0.25, -0.2) is 0 Å². The average molecular weight is 223 g/mol. The second kappa shape index (κ2) is 8.28. The van der Waals surface area contributed by atoms with Crippen molar-refractivity contribution in [3.05, 3.63) is 35.9 Å². The van der Waals surface area contributed by atoms with Crippen LogP contribution in [0, 0.1) is 0 Å². The number of hydrogen-bond donors (Lipinski definition) is 1. The molecule has 0 spiro atoms. The molecule has 3 nitrogen and oxygen atoms in total. The second-order valence-electron chi connectivity index (χ2n) is 3.80. The van der Waals surface area contributed by atoms with Crippen molar-refractivity contribution in [2.75, 3.05) is 26.9 Å². The zero-order valence-electron chi connectivity index (χ0n) is 10.1. The van der Waals surface area contributed by atoms with Gasteiger partial charge in [0, 0.05) is 20.2 Å².